The standard InChI is InChI=1S/C15H16F2N2O/c1-10(2)19-9-11-8-18-6-5-14(11)20-15-7-12(16)3-4-13(15)17/h3-8,10,19H,9H2,1-2H3. The average molecular weight is 278 g/mol. The summed E-state index contributed by atoms with van der Waals surface area (Å²) in [5.41, 5.74) is 0.782. The van der Waals surface area contributed by atoms with Crippen molar-refractivity contribution in [1.82, 2.24) is 10.3 Å². The van der Waals surface area contributed by atoms with Gasteiger partial charge in [0.1, 0.15) is 11.6 Å². The van der Waals surface area contributed by atoms with Gasteiger partial charge in [-0.25, -0.2) is 8.78 Å². The van der Waals surface area contributed by atoms with Crippen LogP contribution in [0.15, 0.2) is 36.7 Å². The first kappa shape index (κ1) is 14.4. The fourth-order valence-corrected chi connectivity index (χ4v) is 1.63. The molecule has 3 nitrogen and oxygen atoms in total. The fourth-order valence-electron chi connectivity index (χ4n) is 1.63. The van der Waals surface area contributed by atoms with Crippen LogP contribution in [0, 0.1) is 11.6 Å². The van der Waals surface area contributed by atoms with Crippen LogP contribution in [0.5, 0.6) is 11.5 Å². The largest absolute Gasteiger partial charge is 0.454 e. The predicted octanol–water partition coefficient (Wildman–Crippen LogP) is 3.65. The highest BCUT2D eigenvalue weighted by atomic mass is 19.1. The van der Waals surface area contributed by atoms with Gasteiger partial charge in [-0.1, -0.05) is 13.8 Å². The second-order valence-electron chi connectivity index (χ2n) is 4.70. The van der Waals surface area contributed by atoms with E-state index in [4.69, 9.17) is 4.74 Å². The van der Waals surface area contributed by atoms with Gasteiger partial charge < -0.3 is 10.1 Å². The first-order valence-corrected chi connectivity index (χ1v) is 6.35. The Morgan fingerprint density at radius 2 is 2.00 bits per heavy atom. The number of nitrogens with zero attached hydrogens (tertiary/aromatic N) is 1. The number of rotatable bonds is 5. The van der Waals surface area contributed by atoms with Crippen LogP contribution in [-0.4, -0.2) is 11.0 Å². The van der Waals surface area contributed by atoms with E-state index in [2.05, 4.69) is 10.3 Å². The summed E-state index contributed by atoms with van der Waals surface area (Å²) in [6, 6.07) is 5.04. The highest BCUT2D eigenvalue weighted by Crippen LogP contribution is 2.27. The van der Waals surface area contributed by atoms with E-state index in [1.807, 2.05) is 13.8 Å². The third-order valence-corrected chi connectivity index (χ3v) is 2.67. The van der Waals surface area contributed by atoms with Gasteiger partial charge in [0, 0.05) is 36.6 Å². The number of aromatic nitrogens is 1. The Labute approximate surface area is 116 Å². The zero-order valence-corrected chi connectivity index (χ0v) is 11.4. The summed E-state index contributed by atoms with van der Waals surface area (Å²) in [5.74, 6) is -0.831. The van der Waals surface area contributed by atoms with E-state index in [1.165, 1.54) is 0 Å². The van der Waals surface area contributed by atoms with Crippen LogP contribution in [0.2, 0.25) is 0 Å². The van der Waals surface area contributed by atoms with Gasteiger partial charge in [-0.2, -0.15) is 0 Å². The molecule has 0 aliphatic carbocycles. The molecule has 106 valence electrons. The topological polar surface area (TPSA) is 34.2 Å². The third-order valence-electron chi connectivity index (χ3n) is 2.67. The zero-order chi connectivity index (χ0) is 14.5. The Hall–Kier alpha value is -2.01. The first-order chi connectivity index (χ1) is 9.56. The molecular formula is C15H16F2N2O. The number of hydrogen-bond acceptors (Lipinski definition) is 3. The van der Waals surface area contributed by atoms with Crippen LogP contribution in [-0.2, 0) is 6.54 Å². The molecule has 1 N–H and O–H groups in total. The van der Waals surface area contributed by atoms with E-state index in [9.17, 15) is 8.78 Å². The number of hydrogen-bond donors (Lipinski definition) is 1. The molecule has 0 atom stereocenters. The minimum absolute atomic E-state index is 0.137. The lowest BCUT2D eigenvalue weighted by Crippen LogP contribution is -2.22. The molecule has 0 unspecified atom stereocenters. The monoisotopic (exact) mass is 278 g/mol. The predicted molar refractivity (Wildman–Crippen MR) is 72.6 cm³/mol. The van der Waals surface area contributed by atoms with Crippen LogP contribution in [0.25, 0.3) is 0 Å². The van der Waals surface area contributed by atoms with E-state index in [-0.39, 0.29) is 5.75 Å². The fraction of sp³-hybridized carbons (Fsp3) is 0.267. The average Bonchev–Trinajstić information content (AvgIpc) is 2.42. The van der Waals surface area contributed by atoms with Crippen LogP contribution in [0.1, 0.15) is 19.4 Å². The second-order valence-corrected chi connectivity index (χ2v) is 4.70. The third kappa shape index (κ3) is 3.74. The maximum absolute atomic E-state index is 13.6. The molecule has 0 saturated carbocycles. The zero-order valence-electron chi connectivity index (χ0n) is 11.4. The van der Waals surface area contributed by atoms with Crippen molar-refractivity contribution in [3.63, 3.8) is 0 Å². The van der Waals surface area contributed by atoms with Gasteiger partial charge >= 0.3 is 0 Å². The Bertz CT molecular complexity index is 588. The van der Waals surface area contributed by atoms with Crippen molar-refractivity contribution in [1.29, 1.82) is 0 Å². The van der Waals surface area contributed by atoms with Crippen molar-refractivity contribution in [2.24, 2.45) is 0 Å². The molecule has 0 amide bonds. The minimum atomic E-state index is -0.606. The van der Waals surface area contributed by atoms with Gasteiger partial charge in [-0.15, -0.1) is 0 Å². The van der Waals surface area contributed by atoms with Gasteiger partial charge in [-0.05, 0) is 18.2 Å². The van der Waals surface area contributed by atoms with E-state index in [1.54, 1.807) is 18.5 Å². The summed E-state index contributed by atoms with van der Waals surface area (Å²) < 4.78 is 32.2. The highest BCUT2D eigenvalue weighted by Gasteiger charge is 2.10. The Balaban J connectivity index is 2.22. The Kier molecular flexibility index (Phi) is 4.63. The molecule has 1 aromatic heterocycles. The van der Waals surface area contributed by atoms with Crippen LogP contribution in [0.3, 0.4) is 0 Å². The quantitative estimate of drug-likeness (QED) is 0.906. The molecule has 0 spiro atoms. The summed E-state index contributed by atoms with van der Waals surface area (Å²) in [6.07, 6.45) is 3.19. The van der Waals surface area contributed by atoms with E-state index in [0.717, 1.165) is 23.8 Å². The van der Waals surface area contributed by atoms with Crippen LogP contribution >= 0.6 is 0 Å². The summed E-state index contributed by atoms with van der Waals surface area (Å²) in [5, 5.41) is 3.23. The van der Waals surface area contributed by atoms with Crippen molar-refractivity contribution < 1.29 is 13.5 Å². The molecule has 0 fully saturated rings. The molecule has 0 radical (unpaired) electrons. The molecule has 1 heterocycles. The van der Waals surface area contributed by atoms with Gasteiger partial charge in [-0.3, -0.25) is 4.98 Å². The molecule has 0 saturated heterocycles. The molecular weight excluding hydrogens is 262 g/mol. The molecule has 0 aliphatic heterocycles. The summed E-state index contributed by atoms with van der Waals surface area (Å²) in [6.45, 7) is 4.57. The summed E-state index contributed by atoms with van der Waals surface area (Å²) in [7, 11) is 0. The smallest absolute Gasteiger partial charge is 0.165 e. The van der Waals surface area contributed by atoms with E-state index in [0.29, 0.717) is 18.3 Å². The normalized spacial score (nSPS) is 10.8. The van der Waals surface area contributed by atoms with Crippen LogP contribution in [0.4, 0.5) is 8.78 Å². The number of ether oxygens (including phenoxy) is 1. The van der Waals surface area contributed by atoms with Crippen molar-refractivity contribution in [2.75, 3.05) is 0 Å². The Morgan fingerprint density at radius 1 is 1.20 bits per heavy atom. The number of nitrogens with one attached hydrogen (secondary N) is 1. The van der Waals surface area contributed by atoms with Crippen molar-refractivity contribution in [2.45, 2.75) is 26.4 Å². The lowest BCUT2D eigenvalue weighted by molar-refractivity contribution is 0.428. The van der Waals surface area contributed by atoms with Gasteiger partial charge in [0.15, 0.2) is 11.6 Å². The molecule has 2 rings (SSSR count). The van der Waals surface area contributed by atoms with Crippen molar-refractivity contribution in [3.8, 4) is 11.5 Å². The summed E-state index contributed by atoms with van der Waals surface area (Å²) in [4.78, 5) is 4.02. The van der Waals surface area contributed by atoms with Gasteiger partial charge in [0.2, 0.25) is 0 Å². The molecule has 0 aliphatic rings. The first-order valence-electron chi connectivity index (χ1n) is 6.35. The molecule has 20 heavy (non-hydrogen) atoms. The second kappa shape index (κ2) is 6.43. The maximum atomic E-state index is 13.6. The van der Waals surface area contributed by atoms with E-state index < -0.39 is 11.6 Å². The number of benzene rings is 1. The lowest BCUT2D eigenvalue weighted by Gasteiger charge is -2.13. The number of pyridine rings is 1. The van der Waals surface area contributed by atoms with Crippen LogP contribution < -0.4 is 10.1 Å². The SMILES string of the molecule is CC(C)NCc1cnccc1Oc1cc(F)ccc1F. The molecule has 5 heteroatoms. The number of halogens is 2. The maximum Gasteiger partial charge on any atom is 0.165 e. The minimum Gasteiger partial charge on any atom is -0.454 e. The highest BCUT2D eigenvalue weighted by molar-refractivity contribution is 5.36. The van der Waals surface area contributed by atoms with Crippen molar-refractivity contribution in [3.05, 3.63) is 53.9 Å². The Morgan fingerprint density at radius 3 is 2.75 bits per heavy atom. The molecule has 2 aromatic rings. The summed E-state index contributed by atoms with van der Waals surface area (Å²) >= 11 is 0. The molecule has 1 aromatic carbocycles. The van der Waals surface area contributed by atoms with Crippen molar-refractivity contribution >= 4 is 0 Å². The van der Waals surface area contributed by atoms with E-state index >= 15 is 0 Å². The molecule has 0 bridgehead atoms. The lowest BCUT2D eigenvalue weighted by atomic mass is 10.2. The van der Waals surface area contributed by atoms with Gasteiger partial charge in [0.25, 0.3) is 0 Å². The van der Waals surface area contributed by atoms with Gasteiger partial charge in [0.05, 0.1) is 0 Å².